The Morgan fingerprint density at radius 1 is 1.21 bits per heavy atom. The number of nitrogens with one attached hydrogen (secondary N) is 1. The van der Waals surface area contributed by atoms with Gasteiger partial charge in [0.05, 0.1) is 15.5 Å². The van der Waals surface area contributed by atoms with Gasteiger partial charge in [-0.2, -0.15) is 0 Å². The first-order chi connectivity index (χ1) is 9.15. The molecule has 1 heterocycles. The van der Waals surface area contributed by atoms with E-state index in [9.17, 15) is 9.50 Å². The number of imidazole rings is 1. The molecule has 3 nitrogen and oxygen atoms in total. The van der Waals surface area contributed by atoms with Crippen LogP contribution < -0.4 is 0 Å². The molecular formula is C14H10BrFN2O. The molecule has 0 aliphatic heterocycles. The molecule has 3 rings (SSSR count). The number of nitrogens with zero attached hydrogens (tertiary/aromatic N) is 1. The molecule has 0 amide bonds. The molecule has 1 aromatic heterocycles. The summed E-state index contributed by atoms with van der Waals surface area (Å²) in [5.41, 5.74) is 1.91. The summed E-state index contributed by atoms with van der Waals surface area (Å²) < 4.78 is 13.8. The Hall–Kier alpha value is -1.72. The van der Waals surface area contributed by atoms with Gasteiger partial charge >= 0.3 is 0 Å². The Labute approximate surface area is 117 Å². The maximum atomic E-state index is 13.4. The number of aromatic nitrogens is 2. The molecule has 0 radical (unpaired) electrons. The van der Waals surface area contributed by atoms with Gasteiger partial charge in [0.1, 0.15) is 17.7 Å². The van der Waals surface area contributed by atoms with Gasteiger partial charge in [0, 0.05) is 6.07 Å². The highest BCUT2D eigenvalue weighted by molar-refractivity contribution is 9.10. The number of aromatic amines is 1. The van der Waals surface area contributed by atoms with Gasteiger partial charge in [-0.05, 0) is 27.6 Å². The molecule has 1 atom stereocenters. The van der Waals surface area contributed by atoms with E-state index in [0.717, 1.165) is 5.56 Å². The van der Waals surface area contributed by atoms with Crippen LogP contribution in [0.4, 0.5) is 4.39 Å². The van der Waals surface area contributed by atoms with Gasteiger partial charge in [-0.25, -0.2) is 9.37 Å². The minimum Gasteiger partial charge on any atom is -0.380 e. The second-order valence-electron chi connectivity index (χ2n) is 4.22. The monoisotopic (exact) mass is 320 g/mol. The second kappa shape index (κ2) is 4.75. The minimum absolute atomic E-state index is 0.354. The number of benzene rings is 2. The predicted molar refractivity (Wildman–Crippen MR) is 74.3 cm³/mol. The summed E-state index contributed by atoms with van der Waals surface area (Å²) in [4.78, 5) is 7.23. The Morgan fingerprint density at radius 2 is 1.95 bits per heavy atom. The molecule has 0 bridgehead atoms. The standard InChI is InChI=1S/C14H10BrFN2O/c15-9-6-11-12(7-10(9)16)18-14(17-11)13(19)8-4-2-1-3-5-8/h1-7,13,19H,(H,17,18). The molecule has 1 unspecified atom stereocenters. The Kier molecular flexibility index (Phi) is 3.08. The maximum absolute atomic E-state index is 13.4. The molecule has 19 heavy (non-hydrogen) atoms. The first kappa shape index (κ1) is 12.3. The third-order valence-corrected chi connectivity index (χ3v) is 3.52. The average Bonchev–Trinajstić information content (AvgIpc) is 2.82. The second-order valence-corrected chi connectivity index (χ2v) is 5.07. The van der Waals surface area contributed by atoms with Crippen molar-refractivity contribution in [3.8, 4) is 0 Å². The van der Waals surface area contributed by atoms with E-state index in [1.807, 2.05) is 30.3 Å². The summed E-state index contributed by atoms with van der Waals surface area (Å²) in [5, 5.41) is 10.2. The Morgan fingerprint density at radius 3 is 2.68 bits per heavy atom. The van der Waals surface area contributed by atoms with Crippen LogP contribution in [0.2, 0.25) is 0 Å². The lowest BCUT2D eigenvalue weighted by Gasteiger charge is -2.06. The highest BCUT2D eigenvalue weighted by Gasteiger charge is 2.15. The third kappa shape index (κ3) is 2.27. The molecule has 3 aromatic rings. The summed E-state index contributed by atoms with van der Waals surface area (Å²) in [7, 11) is 0. The zero-order valence-electron chi connectivity index (χ0n) is 9.77. The lowest BCUT2D eigenvalue weighted by molar-refractivity contribution is 0.211. The Balaban J connectivity index is 2.06. The smallest absolute Gasteiger partial charge is 0.140 e. The van der Waals surface area contributed by atoms with Crippen LogP contribution in [0.25, 0.3) is 11.0 Å². The zero-order valence-corrected chi connectivity index (χ0v) is 11.4. The molecule has 96 valence electrons. The van der Waals surface area contributed by atoms with Gasteiger partial charge in [-0.15, -0.1) is 0 Å². The fourth-order valence-corrected chi connectivity index (χ4v) is 2.28. The molecule has 2 aromatic carbocycles. The van der Waals surface area contributed by atoms with E-state index in [2.05, 4.69) is 25.9 Å². The van der Waals surface area contributed by atoms with Crippen LogP contribution in [0.15, 0.2) is 46.9 Å². The van der Waals surface area contributed by atoms with Crippen LogP contribution in [-0.4, -0.2) is 15.1 Å². The van der Waals surface area contributed by atoms with Crippen molar-refractivity contribution in [1.82, 2.24) is 9.97 Å². The van der Waals surface area contributed by atoms with Crippen LogP contribution in [0, 0.1) is 5.82 Å². The predicted octanol–water partition coefficient (Wildman–Crippen LogP) is 3.55. The molecule has 0 spiro atoms. The van der Waals surface area contributed by atoms with Crippen LogP contribution in [0.5, 0.6) is 0 Å². The molecule has 5 heteroatoms. The van der Waals surface area contributed by atoms with E-state index in [1.54, 1.807) is 6.07 Å². The van der Waals surface area contributed by atoms with Gasteiger partial charge in [-0.3, -0.25) is 0 Å². The van der Waals surface area contributed by atoms with Crippen molar-refractivity contribution in [1.29, 1.82) is 0 Å². The Bertz CT molecular complexity index is 688. The summed E-state index contributed by atoms with van der Waals surface area (Å²) >= 11 is 3.12. The van der Waals surface area contributed by atoms with Crippen molar-refractivity contribution >= 4 is 27.0 Å². The number of hydrogen-bond acceptors (Lipinski definition) is 2. The first-order valence-electron chi connectivity index (χ1n) is 5.73. The number of H-pyrrole nitrogens is 1. The number of hydrogen-bond donors (Lipinski definition) is 2. The van der Waals surface area contributed by atoms with Crippen molar-refractivity contribution in [3.05, 3.63) is 64.1 Å². The topological polar surface area (TPSA) is 48.9 Å². The molecule has 0 aliphatic carbocycles. The van der Waals surface area contributed by atoms with Crippen molar-refractivity contribution in [2.75, 3.05) is 0 Å². The number of halogens is 2. The first-order valence-corrected chi connectivity index (χ1v) is 6.52. The molecule has 0 aliphatic rings. The van der Waals surface area contributed by atoms with E-state index >= 15 is 0 Å². The zero-order chi connectivity index (χ0) is 13.4. The fourth-order valence-electron chi connectivity index (χ4n) is 1.95. The molecule has 0 saturated carbocycles. The van der Waals surface area contributed by atoms with E-state index in [-0.39, 0.29) is 5.82 Å². The average molecular weight is 321 g/mol. The maximum Gasteiger partial charge on any atom is 0.140 e. The van der Waals surface area contributed by atoms with E-state index in [4.69, 9.17) is 0 Å². The highest BCUT2D eigenvalue weighted by atomic mass is 79.9. The largest absolute Gasteiger partial charge is 0.380 e. The summed E-state index contributed by atoms with van der Waals surface area (Å²) in [6.45, 7) is 0. The highest BCUT2D eigenvalue weighted by Crippen LogP contribution is 2.25. The van der Waals surface area contributed by atoms with Gasteiger partial charge in [-0.1, -0.05) is 30.3 Å². The van der Waals surface area contributed by atoms with Gasteiger partial charge in [0.25, 0.3) is 0 Å². The fraction of sp³-hybridized carbons (Fsp3) is 0.0714. The van der Waals surface area contributed by atoms with Crippen LogP contribution in [0.3, 0.4) is 0 Å². The van der Waals surface area contributed by atoms with Crippen LogP contribution in [0.1, 0.15) is 17.5 Å². The molecule has 0 saturated heterocycles. The summed E-state index contributed by atoms with van der Waals surface area (Å²) in [6.07, 6.45) is -0.851. The lowest BCUT2D eigenvalue weighted by atomic mass is 10.1. The van der Waals surface area contributed by atoms with Crippen LogP contribution >= 0.6 is 15.9 Å². The lowest BCUT2D eigenvalue weighted by Crippen LogP contribution is -2.01. The van der Waals surface area contributed by atoms with Crippen molar-refractivity contribution < 1.29 is 9.50 Å². The normalized spacial score (nSPS) is 12.8. The van der Waals surface area contributed by atoms with Crippen molar-refractivity contribution in [2.45, 2.75) is 6.10 Å². The van der Waals surface area contributed by atoms with E-state index in [1.165, 1.54) is 6.07 Å². The summed E-state index contributed by atoms with van der Waals surface area (Å²) in [6, 6.07) is 12.1. The van der Waals surface area contributed by atoms with Crippen molar-refractivity contribution in [3.63, 3.8) is 0 Å². The summed E-state index contributed by atoms with van der Waals surface area (Å²) in [5.74, 6) is 0.0376. The third-order valence-electron chi connectivity index (χ3n) is 2.92. The number of aliphatic hydroxyl groups excluding tert-OH is 1. The number of fused-ring (bicyclic) bond motifs is 1. The number of aliphatic hydroxyl groups is 1. The van der Waals surface area contributed by atoms with E-state index < -0.39 is 6.10 Å². The molecule has 2 N–H and O–H groups in total. The van der Waals surface area contributed by atoms with Gasteiger partial charge in [0.2, 0.25) is 0 Å². The number of rotatable bonds is 2. The van der Waals surface area contributed by atoms with Crippen molar-refractivity contribution in [2.24, 2.45) is 0 Å². The van der Waals surface area contributed by atoms with Gasteiger partial charge in [0.15, 0.2) is 0 Å². The molecular weight excluding hydrogens is 311 g/mol. The van der Waals surface area contributed by atoms with Gasteiger partial charge < -0.3 is 10.1 Å². The van der Waals surface area contributed by atoms with Crippen LogP contribution in [-0.2, 0) is 0 Å². The molecule has 0 fully saturated rings. The van der Waals surface area contributed by atoms with E-state index in [0.29, 0.717) is 21.3 Å². The minimum atomic E-state index is -0.851. The quantitative estimate of drug-likeness (QED) is 0.758. The SMILES string of the molecule is OC(c1ccccc1)c1nc2cc(Br)c(F)cc2[nH]1.